The van der Waals surface area contributed by atoms with Crippen LogP contribution in [0.1, 0.15) is 38.2 Å². The minimum absolute atomic E-state index is 0.821. The molecule has 0 saturated heterocycles. The van der Waals surface area contributed by atoms with Crippen LogP contribution < -0.4 is 5.73 Å². The fourth-order valence-corrected chi connectivity index (χ4v) is 2.75. The van der Waals surface area contributed by atoms with Crippen LogP contribution in [0.25, 0.3) is 0 Å². The van der Waals surface area contributed by atoms with Crippen LogP contribution in [-0.2, 0) is 6.54 Å². The van der Waals surface area contributed by atoms with Gasteiger partial charge < -0.3 is 5.73 Å². The number of hydrogen-bond donors (Lipinski definition) is 1. The molecular weight excluding hydrogens is 276 g/mol. The first-order valence-electron chi connectivity index (χ1n) is 6.48. The lowest BCUT2D eigenvalue weighted by Gasteiger charge is -2.22. The van der Waals surface area contributed by atoms with E-state index in [1.165, 1.54) is 37.8 Å². The van der Waals surface area contributed by atoms with Crippen molar-refractivity contribution in [2.75, 3.05) is 12.3 Å². The molecule has 0 amide bonds. The third-order valence-corrected chi connectivity index (χ3v) is 3.69. The number of nitrogens with zero attached hydrogens (tertiary/aromatic N) is 1. The van der Waals surface area contributed by atoms with E-state index in [2.05, 4.69) is 39.9 Å². The summed E-state index contributed by atoms with van der Waals surface area (Å²) in [7, 11) is 0. The first-order chi connectivity index (χ1) is 8.19. The molecule has 2 nitrogen and oxygen atoms in total. The van der Waals surface area contributed by atoms with Crippen LogP contribution in [0.3, 0.4) is 0 Å². The Morgan fingerprint density at radius 1 is 1.35 bits per heavy atom. The molecule has 1 aromatic rings. The maximum atomic E-state index is 5.88. The van der Waals surface area contributed by atoms with E-state index in [4.69, 9.17) is 5.73 Å². The molecule has 0 unspecified atom stereocenters. The third-order valence-electron chi connectivity index (χ3n) is 3.23. The monoisotopic (exact) mass is 296 g/mol. The third kappa shape index (κ3) is 4.00. The molecule has 0 aliphatic heterocycles. The van der Waals surface area contributed by atoms with Crippen molar-refractivity contribution < 1.29 is 0 Å². The second-order valence-electron chi connectivity index (χ2n) is 4.95. The van der Waals surface area contributed by atoms with Gasteiger partial charge >= 0.3 is 0 Å². The van der Waals surface area contributed by atoms with Gasteiger partial charge in [0.2, 0.25) is 0 Å². The molecule has 17 heavy (non-hydrogen) atoms. The second-order valence-corrected chi connectivity index (χ2v) is 5.86. The standard InChI is InChI=1S/C14H21BrN2/c1-2-3-6-17(14-4-5-14)10-11-7-12(15)9-13(16)8-11/h7-9,14H,2-6,10,16H2,1H3. The van der Waals surface area contributed by atoms with Crippen LogP contribution in [0, 0.1) is 0 Å². The Morgan fingerprint density at radius 3 is 2.71 bits per heavy atom. The van der Waals surface area contributed by atoms with Gasteiger partial charge in [0.05, 0.1) is 0 Å². The van der Waals surface area contributed by atoms with Crippen molar-refractivity contribution in [1.29, 1.82) is 0 Å². The molecule has 3 heteroatoms. The summed E-state index contributed by atoms with van der Waals surface area (Å²) >= 11 is 3.51. The van der Waals surface area contributed by atoms with E-state index in [9.17, 15) is 0 Å². The highest BCUT2D eigenvalue weighted by molar-refractivity contribution is 9.10. The van der Waals surface area contributed by atoms with E-state index < -0.39 is 0 Å². The Bertz CT molecular complexity index is 354. The van der Waals surface area contributed by atoms with E-state index in [-0.39, 0.29) is 0 Å². The molecule has 1 saturated carbocycles. The van der Waals surface area contributed by atoms with Gasteiger partial charge in [-0.2, -0.15) is 0 Å². The molecule has 1 aliphatic rings. The zero-order valence-corrected chi connectivity index (χ0v) is 12.0. The molecule has 1 aromatic carbocycles. The summed E-state index contributed by atoms with van der Waals surface area (Å²) in [6.45, 7) is 4.50. The van der Waals surface area contributed by atoms with Gasteiger partial charge in [0, 0.05) is 22.7 Å². The summed E-state index contributed by atoms with van der Waals surface area (Å²) in [6.07, 6.45) is 5.30. The summed E-state index contributed by atoms with van der Waals surface area (Å²) in [6, 6.07) is 7.04. The predicted molar refractivity (Wildman–Crippen MR) is 76.9 cm³/mol. The number of anilines is 1. The van der Waals surface area contributed by atoms with Crippen LogP contribution in [0.15, 0.2) is 22.7 Å². The van der Waals surface area contributed by atoms with Gasteiger partial charge in [-0.05, 0) is 49.6 Å². The topological polar surface area (TPSA) is 29.3 Å². The van der Waals surface area contributed by atoms with Crippen LogP contribution in [-0.4, -0.2) is 17.5 Å². The molecule has 0 bridgehead atoms. The number of hydrogen-bond acceptors (Lipinski definition) is 2. The van der Waals surface area contributed by atoms with E-state index in [1.54, 1.807) is 0 Å². The average Bonchev–Trinajstić information content (AvgIpc) is 3.06. The highest BCUT2D eigenvalue weighted by Crippen LogP contribution is 2.29. The van der Waals surface area contributed by atoms with Crippen molar-refractivity contribution in [1.82, 2.24) is 4.90 Å². The molecule has 1 aliphatic carbocycles. The summed E-state index contributed by atoms with van der Waals surface area (Å²) < 4.78 is 1.08. The number of unbranched alkanes of at least 4 members (excludes halogenated alkanes) is 1. The SMILES string of the molecule is CCCCN(Cc1cc(N)cc(Br)c1)C1CC1. The van der Waals surface area contributed by atoms with Crippen LogP contribution in [0.5, 0.6) is 0 Å². The van der Waals surface area contributed by atoms with Crippen molar-refractivity contribution in [2.24, 2.45) is 0 Å². The first-order valence-corrected chi connectivity index (χ1v) is 7.27. The highest BCUT2D eigenvalue weighted by atomic mass is 79.9. The Labute approximate surface area is 112 Å². The molecular formula is C14H21BrN2. The van der Waals surface area contributed by atoms with Crippen molar-refractivity contribution in [3.8, 4) is 0 Å². The van der Waals surface area contributed by atoms with E-state index in [1.807, 2.05) is 6.07 Å². The van der Waals surface area contributed by atoms with E-state index in [0.29, 0.717) is 0 Å². The number of rotatable bonds is 6. The minimum Gasteiger partial charge on any atom is -0.399 e. The maximum Gasteiger partial charge on any atom is 0.0328 e. The molecule has 0 radical (unpaired) electrons. The van der Waals surface area contributed by atoms with Gasteiger partial charge in [0.15, 0.2) is 0 Å². The summed E-state index contributed by atoms with van der Waals surface area (Å²) in [5.41, 5.74) is 8.05. The quantitative estimate of drug-likeness (QED) is 0.809. The van der Waals surface area contributed by atoms with Crippen LogP contribution in [0.4, 0.5) is 5.69 Å². The zero-order valence-electron chi connectivity index (χ0n) is 10.5. The number of benzene rings is 1. The smallest absolute Gasteiger partial charge is 0.0328 e. The van der Waals surface area contributed by atoms with Crippen molar-refractivity contribution in [3.05, 3.63) is 28.2 Å². The van der Waals surface area contributed by atoms with Gasteiger partial charge in [0.25, 0.3) is 0 Å². The fourth-order valence-electron chi connectivity index (χ4n) is 2.19. The van der Waals surface area contributed by atoms with Gasteiger partial charge in [-0.25, -0.2) is 0 Å². The lowest BCUT2D eigenvalue weighted by atomic mass is 10.2. The van der Waals surface area contributed by atoms with Gasteiger partial charge in [0.1, 0.15) is 0 Å². The molecule has 94 valence electrons. The van der Waals surface area contributed by atoms with Crippen molar-refractivity contribution in [2.45, 2.75) is 45.2 Å². The average molecular weight is 297 g/mol. The number of halogens is 1. The first kappa shape index (κ1) is 12.9. The van der Waals surface area contributed by atoms with Gasteiger partial charge in [-0.1, -0.05) is 29.3 Å². The fraction of sp³-hybridized carbons (Fsp3) is 0.571. The summed E-state index contributed by atoms with van der Waals surface area (Å²) in [5.74, 6) is 0. The Kier molecular flexibility index (Phi) is 4.46. The van der Waals surface area contributed by atoms with Crippen LogP contribution in [0.2, 0.25) is 0 Å². The number of nitrogens with two attached hydrogens (primary N) is 1. The Hall–Kier alpha value is -0.540. The van der Waals surface area contributed by atoms with Gasteiger partial charge in [-0.15, -0.1) is 0 Å². The van der Waals surface area contributed by atoms with Crippen molar-refractivity contribution in [3.63, 3.8) is 0 Å². The molecule has 0 aromatic heterocycles. The van der Waals surface area contributed by atoms with Crippen molar-refractivity contribution >= 4 is 21.6 Å². The highest BCUT2D eigenvalue weighted by Gasteiger charge is 2.28. The normalized spacial score (nSPS) is 15.5. The number of nitrogen functional groups attached to an aromatic ring is 1. The largest absolute Gasteiger partial charge is 0.399 e. The van der Waals surface area contributed by atoms with E-state index in [0.717, 1.165) is 22.7 Å². The predicted octanol–water partition coefficient (Wildman–Crippen LogP) is 3.80. The summed E-state index contributed by atoms with van der Waals surface area (Å²) in [4.78, 5) is 2.60. The Morgan fingerprint density at radius 2 is 2.12 bits per heavy atom. The lowest BCUT2D eigenvalue weighted by Crippen LogP contribution is -2.26. The Balaban J connectivity index is 2.00. The molecule has 0 atom stereocenters. The van der Waals surface area contributed by atoms with E-state index >= 15 is 0 Å². The summed E-state index contributed by atoms with van der Waals surface area (Å²) in [5, 5.41) is 0. The molecule has 0 heterocycles. The van der Waals surface area contributed by atoms with Crippen LogP contribution >= 0.6 is 15.9 Å². The molecule has 1 fully saturated rings. The molecule has 2 N–H and O–H groups in total. The minimum atomic E-state index is 0.821. The van der Waals surface area contributed by atoms with Gasteiger partial charge in [-0.3, -0.25) is 4.90 Å². The maximum absolute atomic E-state index is 5.88. The second kappa shape index (κ2) is 5.87. The molecule has 0 spiro atoms. The zero-order chi connectivity index (χ0) is 12.3. The lowest BCUT2D eigenvalue weighted by molar-refractivity contribution is 0.250. The molecule has 2 rings (SSSR count).